The number of benzene rings is 1. The number of hydrogen-bond acceptors (Lipinski definition) is 8. The maximum Gasteiger partial charge on any atom is 0.263 e. The van der Waals surface area contributed by atoms with E-state index >= 15 is 0 Å². The smallest absolute Gasteiger partial charge is 0.263 e. The van der Waals surface area contributed by atoms with Crippen molar-refractivity contribution < 1.29 is 17.7 Å². The molecule has 11 heteroatoms. The molecule has 0 aliphatic heterocycles. The largest absolute Gasteiger partial charge is 0.360 e. The van der Waals surface area contributed by atoms with E-state index in [4.69, 9.17) is 4.52 Å². The number of aryl methyl sites for hydroxylation is 2. The van der Waals surface area contributed by atoms with E-state index in [1.54, 1.807) is 6.92 Å². The molecule has 0 saturated heterocycles. The number of fused-ring (bicyclic) bond motifs is 1. The molecule has 9 nitrogen and oxygen atoms in total. The molecule has 4 rings (SSSR count). The van der Waals surface area contributed by atoms with Crippen LogP contribution in [-0.4, -0.2) is 30.2 Å². The maximum atomic E-state index is 12.5. The predicted molar refractivity (Wildman–Crippen MR) is 128 cm³/mol. The highest BCUT2D eigenvalue weighted by Gasteiger charge is 2.20. The van der Waals surface area contributed by atoms with Gasteiger partial charge in [0.1, 0.15) is 16.9 Å². The Kier molecular flexibility index (Phi) is 6.90. The Bertz CT molecular complexity index is 1360. The van der Waals surface area contributed by atoms with Crippen molar-refractivity contribution >= 4 is 39.2 Å². The first-order chi connectivity index (χ1) is 16.2. The summed E-state index contributed by atoms with van der Waals surface area (Å²) in [4.78, 5) is 17.1. The first-order valence-electron chi connectivity index (χ1n) is 10.7. The van der Waals surface area contributed by atoms with Crippen molar-refractivity contribution in [2.45, 2.75) is 43.0 Å². The number of nitrogens with zero attached hydrogens (tertiary/aromatic N) is 3. The first-order valence-corrected chi connectivity index (χ1v) is 13.1. The van der Waals surface area contributed by atoms with Gasteiger partial charge in [0, 0.05) is 17.4 Å². The number of carbonyl (C=O) groups is 1. The Labute approximate surface area is 202 Å². The summed E-state index contributed by atoms with van der Waals surface area (Å²) in [5, 5.41) is 16.4. The number of rotatable bonds is 7. The summed E-state index contributed by atoms with van der Waals surface area (Å²) in [6, 6.07) is 11.3. The van der Waals surface area contributed by atoms with Crippen molar-refractivity contribution in [3.05, 3.63) is 59.0 Å². The van der Waals surface area contributed by atoms with Gasteiger partial charge in [-0.25, -0.2) is 13.4 Å². The number of sulfonamides is 1. The molecule has 2 aromatic heterocycles. The molecule has 1 aliphatic carbocycles. The molecule has 1 aliphatic rings. The van der Waals surface area contributed by atoms with Crippen LogP contribution in [-0.2, 0) is 27.7 Å². The average Bonchev–Trinajstić information content (AvgIpc) is 3.21. The molecule has 0 spiro atoms. The molecule has 0 radical (unpaired) electrons. The topological polar surface area (TPSA) is 138 Å². The van der Waals surface area contributed by atoms with E-state index in [1.807, 2.05) is 6.07 Å². The molecule has 176 valence electrons. The van der Waals surface area contributed by atoms with Crippen LogP contribution in [0, 0.1) is 24.2 Å². The third-order valence-electron chi connectivity index (χ3n) is 5.37. The second kappa shape index (κ2) is 9.87. The van der Waals surface area contributed by atoms with E-state index in [2.05, 4.69) is 33.2 Å². The van der Waals surface area contributed by atoms with Crippen LogP contribution in [0.1, 0.15) is 35.9 Å². The van der Waals surface area contributed by atoms with Gasteiger partial charge in [0.15, 0.2) is 5.82 Å². The molecule has 2 N–H and O–H groups in total. The van der Waals surface area contributed by atoms with Gasteiger partial charge in [-0.05, 0) is 68.0 Å². The molecule has 1 atom stereocenters. The number of nitrogens with one attached hydrogen (secondary N) is 2. The Morgan fingerprint density at radius 2 is 2.06 bits per heavy atom. The number of carbonyl (C=O) groups excluding carboxylic acids is 1. The minimum absolute atomic E-state index is 0.0202. The van der Waals surface area contributed by atoms with Crippen molar-refractivity contribution in [3.8, 4) is 6.07 Å². The van der Waals surface area contributed by atoms with Crippen LogP contribution in [0.3, 0.4) is 0 Å². The lowest BCUT2D eigenvalue weighted by atomic mass is 9.87. The van der Waals surface area contributed by atoms with Crippen LogP contribution in [0.4, 0.5) is 11.5 Å². The van der Waals surface area contributed by atoms with Crippen molar-refractivity contribution in [1.82, 2.24) is 10.1 Å². The van der Waals surface area contributed by atoms with Gasteiger partial charge in [-0.1, -0.05) is 23.8 Å². The summed E-state index contributed by atoms with van der Waals surface area (Å²) in [5.74, 6) is 0.941. The van der Waals surface area contributed by atoms with E-state index in [0.29, 0.717) is 28.0 Å². The Morgan fingerprint density at radius 1 is 1.29 bits per heavy atom. The predicted octanol–water partition coefficient (Wildman–Crippen LogP) is 3.91. The van der Waals surface area contributed by atoms with Gasteiger partial charge in [0.05, 0.1) is 16.2 Å². The Hall–Kier alpha value is -3.36. The number of nitriles is 1. The first kappa shape index (κ1) is 23.8. The summed E-state index contributed by atoms with van der Waals surface area (Å²) in [7, 11) is -3.84. The number of amides is 1. The van der Waals surface area contributed by atoms with E-state index in [1.165, 1.54) is 42.1 Å². The Morgan fingerprint density at radius 3 is 2.74 bits per heavy atom. The van der Waals surface area contributed by atoms with Gasteiger partial charge in [-0.15, -0.1) is 0 Å². The van der Waals surface area contributed by atoms with Crippen molar-refractivity contribution in [3.63, 3.8) is 0 Å². The zero-order valence-corrected chi connectivity index (χ0v) is 20.3. The molecule has 3 aromatic rings. The van der Waals surface area contributed by atoms with Crippen LogP contribution in [0.25, 0.3) is 0 Å². The van der Waals surface area contributed by atoms with Crippen LogP contribution in [0.15, 0.2) is 50.8 Å². The monoisotopic (exact) mass is 497 g/mol. The van der Waals surface area contributed by atoms with Crippen LogP contribution in [0.2, 0.25) is 0 Å². The summed E-state index contributed by atoms with van der Waals surface area (Å²) >= 11 is 1.22. The minimum atomic E-state index is -3.84. The standard InChI is InChI=1S/C23H23N5O4S2/c1-14-3-8-20-16(9-14)11-17(12-24)23(26-20)33-13-22(29)25-18-4-6-19(7-5-18)34(30,31)28-21-10-15(2)32-27-21/h4-7,10-11,14H,3,8-9,13H2,1-2H3,(H,25,29)(H,27,28). The molecular formula is C23H23N5O4S2. The fraction of sp³-hybridized carbons (Fsp3) is 0.304. The summed E-state index contributed by atoms with van der Waals surface area (Å²) in [6.07, 6.45) is 2.86. The van der Waals surface area contributed by atoms with Crippen molar-refractivity contribution in [1.29, 1.82) is 5.26 Å². The van der Waals surface area contributed by atoms with Gasteiger partial charge in [-0.3, -0.25) is 9.52 Å². The molecular weight excluding hydrogens is 474 g/mol. The van der Waals surface area contributed by atoms with Gasteiger partial charge < -0.3 is 9.84 Å². The molecule has 0 bridgehead atoms. The number of anilines is 2. The SMILES string of the molecule is Cc1cc(NS(=O)(=O)c2ccc(NC(=O)CSc3nc4c(cc3C#N)CC(C)CC4)cc2)no1. The quantitative estimate of drug-likeness (QED) is 0.469. The van der Waals surface area contributed by atoms with Gasteiger partial charge in [0.2, 0.25) is 5.91 Å². The van der Waals surface area contributed by atoms with Gasteiger partial charge in [-0.2, -0.15) is 5.26 Å². The third-order valence-corrected chi connectivity index (χ3v) is 7.74. The molecule has 1 unspecified atom stereocenters. The molecule has 34 heavy (non-hydrogen) atoms. The molecule has 2 heterocycles. The minimum Gasteiger partial charge on any atom is -0.360 e. The van der Waals surface area contributed by atoms with Crippen LogP contribution >= 0.6 is 11.8 Å². The number of aromatic nitrogens is 2. The van der Waals surface area contributed by atoms with Crippen molar-refractivity contribution in [2.75, 3.05) is 15.8 Å². The average molecular weight is 498 g/mol. The number of pyridine rings is 1. The lowest BCUT2D eigenvalue weighted by Crippen LogP contribution is -2.16. The number of hydrogen-bond donors (Lipinski definition) is 2. The maximum absolute atomic E-state index is 12.5. The second-order valence-electron chi connectivity index (χ2n) is 8.20. The Balaban J connectivity index is 1.37. The highest BCUT2D eigenvalue weighted by atomic mass is 32.2. The van der Waals surface area contributed by atoms with Crippen molar-refractivity contribution in [2.24, 2.45) is 5.92 Å². The molecule has 0 saturated carbocycles. The summed E-state index contributed by atoms with van der Waals surface area (Å²) in [5.41, 5.74) is 3.06. The third kappa shape index (κ3) is 5.58. The zero-order chi connectivity index (χ0) is 24.3. The van der Waals surface area contributed by atoms with E-state index in [-0.39, 0.29) is 22.4 Å². The fourth-order valence-electron chi connectivity index (χ4n) is 3.68. The van der Waals surface area contributed by atoms with E-state index in [9.17, 15) is 18.5 Å². The highest BCUT2D eigenvalue weighted by Crippen LogP contribution is 2.29. The van der Waals surface area contributed by atoms with E-state index < -0.39 is 10.0 Å². The lowest BCUT2D eigenvalue weighted by molar-refractivity contribution is -0.113. The summed E-state index contributed by atoms with van der Waals surface area (Å²) in [6.45, 7) is 3.85. The summed E-state index contributed by atoms with van der Waals surface area (Å²) < 4.78 is 32.1. The molecule has 0 fully saturated rings. The fourth-order valence-corrected chi connectivity index (χ4v) is 5.44. The van der Waals surface area contributed by atoms with Crippen LogP contribution in [0.5, 0.6) is 0 Å². The van der Waals surface area contributed by atoms with Crippen LogP contribution < -0.4 is 10.0 Å². The van der Waals surface area contributed by atoms with Gasteiger partial charge in [0.25, 0.3) is 10.0 Å². The lowest BCUT2D eigenvalue weighted by Gasteiger charge is -2.21. The van der Waals surface area contributed by atoms with E-state index in [0.717, 1.165) is 30.5 Å². The molecule has 1 amide bonds. The number of thioether (sulfide) groups is 1. The zero-order valence-electron chi connectivity index (χ0n) is 18.7. The highest BCUT2D eigenvalue weighted by molar-refractivity contribution is 8.00. The normalized spacial score (nSPS) is 15.3. The second-order valence-corrected chi connectivity index (χ2v) is 10.8. The van der Waals surface area contributed by atoms with Gasteiger partial charge >= 0.3 is 0 Å². The molecule has 1 aromatic carbocycles.